The summed E-state index contributed by atoms with van der Waals surface area (Å²) in [6.45, 7) is 6.21. The summed E-state index contributed by atoms with van der Waals surface area (Å²) in [7, 11) is -3.55. The number of amides is 1. The van der Waals surface area contributed by atoms with Crippen LogP contribution in [0.25, 0.3) is 11.0 Å². The first-order valence-corrected chi connectivity index (χ1v) is 12.1. The zero-order chi connectivity index (χ0) is 22.0. The quantitative estimate of drug-likeness (QED) is 0.562. The highest BCUT2D eigenvalue weighted by atomic mass is 32.2. The van der Waals surface area contributed by atoms with E-state index in [-0.39, 0.29) is 10.8 Å². The van der Waals surface area contributed by atoms with Crippen molar-refractivity contribution in [1.82, 2.24) is 24.2 Å². The van der Waals surface area contributed by atoms with Crippen molar-refractivity contribution in [2.75, 3.05) is 19.6 Å². The lowest BCUT2D eigenvalue weighted by Crippen LogP contribution is -2.36. The largest absolute Gasteiger partial charge is 0.338 e. The minimum absolute atomic E-state index is 0.0823. The molecule has 1 amide bonds. The average Bonchev–Trinajstić information content (AvgIpc) is 3.20. The Balaban J connectivity index is 1.46. The third kappa shape index (κ3) is 4.20. The van der Waals surface area contributed by atoms with Crippen molar-refractivity contribution in [2.45, 2.75) is 44.7 Å². The van der Waals surface area contributed by atoms with Gasteiger partial charge in [-0.25, -0.2) is 13.1 Å². The van der Waals surface area contributed by atoms with Crippen LogP contribution < -0.4 is 0 Å². The summed E-state index contributed by atoms with van der Waals surface area (Å²) in [6.07, 6.45) is 1.19. The highest BCUT2D eigenvalue weighted by Crippen LogP contribution is 2.22. The van der Waals surface area contributed by atoms with Gasteiger partial charge in [-0.15, -0.1) is 5.10 Å². The highest BCUT2D eigenvalue weighted by molar-refractivity contribution is 7.89. The van der Waals surface area contributed by atoms with Gasteiger partial charge in [0.1, 0.15) is 5.52 Å². The molecular weight excluding hydrogens is 414 g/mol. The van der Waals surface area contributed by atoms with Gasteiger partial charge in [0.15, 0.2) is 0 Å². The van der Waals surface area contributed by atoms with Crippen molar-refractivity contribution in [3.8, 4) is 0 Å². The SMILES string of the molecule is CCN(CC)S(=O)(=O)c1ccc2c(c1)nnn2CCC(=O)N1CCc2ccccc2C1. The normalized spacial score (nSPS) is 14.2. The predicted octanol–water partition coefficient (Wildman–Crippen LogP) is 2.44. The Morgan fingerprint density at radius 3 is 2.58 bits per heavy atom. The molecule has 0 fully saturated rings. The molecule has 0 bridgehead atoms. The monoisotopic (exact) mass is 441 g/mol. The van der Waals surface area contributed by atoms with E-state index in [0.717, 1.165) is 18.5 Å². The molecule has 0 saturated heterocycles. The Bertz CT molecular complexity index is 1200. The fraction of sp³-hybridized carbons (Fsp3) is 0.409. The van der Waals surface area contributed by atoms with Crippen molar-refractivity contribution in [3.05, 3.63) is 53.6 Å². The van der Waals surface area contributed by atoms with Crippen molar-refractivity contribution in [1.29, 1.82) is 0 Å². The molecule has 1 aromatic heterocycles. The lowest BCUT2D eigenvalue weighted by molar-refractivity contribution is -0.132. The number of nitrogens with zero attached hydrogens (tertiary/aromatic N) is 5. The Hall–Kier alpha value is -2.78. The lowest BCUT2D eigenvalue weighted by Gasteiger charge is -2.29. The topological polar surface area (TPSA) is 88.4 Å². The standard InChI is InChI=1S/C22H27N5O3S/c1-3-26(4-2)31(29,30)19-9-10-21-20(15-19)23-24-27(21)14-12-22(28)25-13-11-17-7-5-6-8-18(17)16-25/h5-10,15H,3-4,11-14,16H2,1-2H3. The molecule has 1 aliphatic rings. The number of hydrogen-bond acceptors (Lipinski definition) is 5. The Kier molecular flexibility index (Phi) is 6.06. The molecule has 2 aromatic carbocycles. The van der Waals surface area contributed by atoms with Crippen LogP contribution in [0.4, 0.5) is 0 Å². The summed E-state index contributed by atoms with van der Waals surface area (Å²) in [6, 6.07) is 13.1. The van der Waals surface area contributed by atoms with Crippen molar-refractivity contribution >= 4 is 27.0 Å². The third-order valence-corrected chi connectivity index (χ3v) is 7.90. The molecule has 8 nitrogen and oxygen atoms in total. The number of aromatic nitrogens is 3. The van der Waals surface area contributed by atoms with Gasteiger partial charge in [0.25, 0.3) is 0 Å². The molecule has 0 aliphatic carbocycles. The number of hydrogen-bond donors (Lipinski definition) is 0. The van der Waals surface area contributed by atoms with E-state index >= 15 is 0 Å². The van der Waals surface area contributed by atoms with Crippen LogP contribution in [0.5, 0.6) is 0 Å². The van der Waals surface area contributed by atoms with Gasteiger partial charge >= 0.3 is 0 Å². The Labute approximate surface area is 182 Å². The second kappa shape index (κ2) is 8.76. The summed E-state index contributed by atoms with van der Waals surface area (Å²) in [5.41, 5.74) is 3.74. The van der Waals surface area contributed by atoms with Crippen LogP contribution >= 0.6 is 0 Å². The maximum atomic E-state index is 12.7. The van der Waals surface area contributed by atoms with Gasteiger partial charge in [-0.2, -0.15) is 4.31 Å². The van der Waals surface area contributed by atoms with Crippen LogP contribution in [-0.4, -0.2) is 58.2 Å². The van der Waals surface area contributed by atoms with Crippen LogP contribution in [0.15, 0.2) is 47.4 Å². The van der Waals surface area contributed by atoms with E-state index in [1.165, 1.54) is 15.4 Å². The van der Waals surface area contributed by atoms with E-state index in [4.69, 9.17) is 0 Å². The first kappa shape index (κ1) is 21.5. The van der Waals surface area contributed by atoms with E-state index in [2.05, 4.69) is 22.4 Å². The molecule has 1 aliphatic heterocycles. The molecule has 2 heterocycles. The number of rotatable bonds is 7. The molecule has 3 aromatic rings. The van der Waals surface area contributed by atoms with E-state index in [9.17, 15) is 13.2 Å². The average molecular weight is 442 g/mol. The minimum atomic E-state index is -3.55. The molecule has 0 unspecified atom stereocenters. The van der Waals surface area contributed by atoms with Gasteiger partial charge in [0.2, 0.25) is 15.9 Å². The molecule has 0 spiro atoms. The number of benzene rings is 2. The van der Waals surface area contributed by atoms with Gasteiger partial charge in [0, 0.05) is 32.6 Å². The predicted molar refractivity (Wildman–Crippen MR) is 118 cm³/mol. The number of fused-ring (bicyclic) bond motifs is 2. The van der Waals surface area contributed by atoms with Crippen LogP contribution in [0, 0.1) is 0 Å². The van der Waals surface area contributed by atoms with Gasteiger partial charge in [0.05, 0.1) is 17.0 Å². The van der Waals surface area contributed by atoms with Crippen LogP contribution in [0.2, 0.25) is 0 Å². The zero-order valence-electron chi connectivity index (χ0n) is 17.9. The highest BCUT2D eigenvalue weighted by Gasteiger charge is 2.23. The van der Waals surface area contributed by atoms with Crippen molar-refractivity contribution < 1.29 is 13.2 Å². The van der Waals surface area contributed by atoms with Crippen LogP contribution in [0.3, 0.4) is 0 Å². The number of carbonyl (C=O) groups excluding carboxylic acids is 1. The smallest absolute Gasteiger partial charge is 0.243 e. The van der Waals surface area contributed by atoms with Crippen LogP contribution in [-0.2, 0) is 34.3 Å². The van der Waals surface area contributed by atoms with Crippen molar-refractivity contribution in [3.63, 3.8) is 0 Å². The molecule has 0 radical (unpaired) electrons. The zero-order valence-corrected chi connectivity index (χ0v) is 18.7. The molecule has 31 heavy (non-hydrogen) atoms. The fourth-order valence-corrected chi connectivity index (χ4v) is 5.54. The summed E-state index contributed by atoms with van der Waals surface area (Å²) in [5, 5.41) is 8.27. The summed E-state index contributed by atoms with van der Waals surface area (Å²) < 4.78 is 28.6. The minimum Gasteiger partial charge on any atom is -0.338 e. The van der Waals surface area contributed by atoms with Crippen molar-refractivity contribution in [2.24, 2.45) is 0 Å². The third-order valence-electron chi connectivity index (χ3n) is 5.85. The molecular formula is C22H27N5O3S. The maximum Gasteiger partial charge on any atom is 0.243 e. The molecule has 0 saturated carbocycles. The van der Waals surface area contributed by atoms with E-state index in [0.29, 0.717) is 38.1 Å². The number of aryl methyl sites for hydroxylation is 1. The van der Waals surface area contributed by atoms with E-state index < -0.39 is 10.0 Å². The fourth-order valence-electron chi connectivity index (χ4n) is 4.06. The Morgan fingerprint density at radius 1 is 1.10 bits per heavy atom. The summed E-state index contributed by atoms with van der Waals surface area (Å²) in [4.78, 5) is 14.8. The van der Waals surface area contributed by atoms with Gasteiger partial charge in [-0.3, -0.25) is 4.79 Å². The Morgan fingerprint density at radius 2 is 1.84 bits per heavy atom. The van der Waals surface area contributed by atoms with Gasteiger partial charge < -0.3 is 4.90 Å². The first-order valence-electron chi connectivity index (χ1n) is 10.6. The molecule has 0 N–H and O–H groups in total. The maximum absolute atomic E-state index is 12.7. The van der Waals surface area contributed by atoms with E-state index in [1.54, 1.807) is 22.9 Å². The molecule has 0 atom stereocenters. The first-order chi connectivity index (χ1) is 14.9. The lowest BCUT2D eigenvalue weighted by atomic mass is 10.00. The second-order valence-electron chi connectivity index (χ2n) is 7.64. The van der Waals surface area contributed by atoms with Gasteiger partial charge in [-0.05, 0) is 35.7 Å². The second-order valence-corrected chi connectivity index (χ2v) is 9.57. The van der Waals surface area contributed by atoms with Gasteiger partial charge in [-0.1, -0.05) is 43.3 Å². The molecule has 9 heteroatoms. The van der Waals surface area contributed by atoms with Crippen LogP contribution in [0.1, 0.15) is 31.4 Å². The summed E-state index contributed by atoms with van der Waals surface area (Å²) >= 11 is 0. The molecule has 4 rings (SSSR count). The summed E-state index contributed by atoms with van der Waals surface area (Å²) in [5.74, 6) is 0.0823. The van der Waals surface area contributed by atoms with E-state index in [1.807, 2.05) is 30.9 Å². The molecule has 164 valence electrons. The number of sulfonamides is 1. The number of carbonyl (C=O) groups is 1.